The van der Waals surface area contributed by atoms with E-state index in [9.17, 15) is 4.79 Å². The number of hydrogen-bond acceptors (Lipinski definition) is 5. The van der Waals surface area contributed by atoms with E-state index in [0.29, 0.717) is 12.4 Å². The summed E-state index contributed by atoms with van der Waals surface area (Å²) in [4.78, 5) is 13.8. The minimum atomic E-state index is -0.261. The summed E-state index contributed by atoms with van der Waals surface area (Å²) in [6.45, 7) is 10.3. The summed E-state index contributed by atoms with van der Waals surface area (Å²) in [5.41, 5.74) is 2.50. The topological polar surface area (TPSA) is 84.2 Å². The monoisotopic (exact) mass is 317 g/mol. The lowest BCUT2D eigenvalue weighted by atomic mass is 9.92. The van der Waals surface area contributed by atoms with Crippen molar-refractivity contribution in [2.75, 3.05) is 12.4 Å². The van der Waals surface area contributed by atoms with Crippen LogP contribution in [0, 0.1) is 13.8 Å². The number of aromatic nitrogens is 3. The smallest absolute Gasteiger partial charge is 0.323 e. The number of urea groups is 1. The van der Waals surface area contributed by atoms with E-state index in [1.54, 1.807) is 18.0 Å². The third kappa shape index (κ3) is 4.06. The molecule has 0 fully saturated rings. The molecule has 2 aromatic heterocycles. The van der Waals surface area contributed by atoms with Crippen molar-refractivity contribution in [1.82, 2.24) is 20.3 Å². The van der Waals surface area contributed by atoms with E-state index in [-0.39, 0.29) is 11.4 Å². The number of anilines is 1. The number of carbonyl (C=O) groups is 1. The van der Waals surface area contributed by atoms with Crippen LogP contribution >= 0.6 is 0 Å². The SMILES string of the molecule is Cc1noc(C)c1CN(C)C(=O)Nc1ccc(C(C)(C)C)nn1. The molecule has 0 aliphatic rings. The molecule has 1 N–H and O–H groups in total. The van der Waals surface area contributed by atoms with Gasteiger partial charge >= 0.3 is 6.03 Å². The zero-order chi connectivity index (χ0) is 17.2. The first-order valence-electron chi connectivity index (χ1n) is 7.46. The molecule has 0 unspecified atom stereocenters. The molecule has 2 heterocycles. The molecule has 2 amide bonds. The van der Waals surface area contributed by atoms with E-state index in [0.717, 1.165) is 22.7 Å². The van der Waals surface area contributed by atoms with Crippen LogP contribution in [-0.4, -0.2) is 33.3 Å². The summed E-state index contributed by atoms with van der Waals surface area (Å²) in [6, 6.07) is 3.37. The predicted molar refractivity (Wildman–Crippen MR) is 87.2 cm³/mol. The fourth-order valence-corrected chi connectivity index (χ4v) is 2.04. The van der Waals surface area contributed by atoms with E-state index < -0.39 is 0 Å². The van der Waals surface area contributed by atoms with Crippen LogP contribution in [-0.2, 0) is 12.0 Å². The van der Waals surface area contributed by atoms with E-state index in [2.05, 4.69) is 41.4 Å². The molecule has 124 valence electrons. The number of rotatable bonds is 3. The minimum absolute atomic E-state index is 0.0737. The molecule has 2 aromatic rings. The maximum Gasteiger partial charge on any atom is 0.323 e. The number of carbonyl (C=O) groups excluding carboxylic acids is 1. The Kier molecular flexibility index (Phi) is 4.68. The van der Waals surface area contributed by atoms with Crippen molar-refractivity contribution in [3.8, 4) is 0 Å². The molecule has 7 heteroatoms. The van der Waals surface area contributed by atoms with Crippen LogP contribution in [0.25, 0.3) is 0 Å². The molecule has 2 rings (SSSR count). The lowest BCUT2D eigenvalue weighted by molar-refractivity contribution is 0.220. The molecule has 0 radical (unpaired) electrons. The van der Waals surface area contributed by atoms with E-state index in [1.807, 2.05) is 19.9 Å². The maximum absolute atomic E-state index is 12.2. The summed E-state index contributed by atoms with van der Waals surface area (Å²) in [7, 11) is 1.71. The van der Waals surface area contributed by atoms with Crippen LogP contribution in [0.15, 0.2) is 16.7 Å². The summed E-state index contributed by atoms with van der Waals surface area (Å²) < 4.78 is 5.11. The van der Waals surface area contributed by atoms with E-state index >= 15 is 0 Å². The van der Waals surface area contributed by atoms with E-state index in [1.165, 1.54) is 0 Å². The van der Waals surface area contributed by atoms with Gasteiger partial charge in [-0.1, -0.05) is 25.9 Å². The highest BCUT2D eigenvalue weighted by Crippen LogP contribution is 2.20. The third-order valence-electron chi connectivity index (χ3n) is 3.59. The molecule has 0 bridgehead atoms. The lowest BCUT2D eigenvalue weighted by Crippen LogP contribution is -2.31. The summed E-state index contributed by atoms with van der Waals surface area (Å²) in [6.07, 6.45) is 0. The largest absolute Gasteiger partial charge is 0.361 e. The Morgan fingerprint density at radius 1 is 1.26 bits per heavy atom. The summed E-state index contributed by atoms with van der Waals surface area (Å²) in [5, 5.41) is 14.8. The molecule has 7 nitrogen and oxygen atoms in total. The van der Waals surface area contributed by atoms with Gasteiger partial charge in [-0.15, -0.1) is 5.10 Å². The second-order valence-corrected chi connectivity index (χ2v) is 6.64. The number of amides is 2. The molecule has 0 atom stereocenters. The number of aryl methyl sites for hydroxylation is 2. The summed E-state index contributed by atoms with van der Waals surface area (Å²) in [5.74, 6) is 1.14. The third-order valence-corrected chi connectivity index (χ3v) is 3.59. The van der Waals surface area contributed by atoms with Crippen molar-refractivity contribution < 1.29 is 9.32 Å². The molecule has 0 aliphatic heterocycles. The summed E-state index contributed by atoms with van der Waals surface area (Å²) >= 11 is 0. The van der Waals surface area contributed by atoms with Crippen LogP contribution in [0.4, 0.5) is 10.6 Å². The number of nitrogens with zero attached hydrogens (tertiary/aromatic N) is 4. The van der Waals surface area contributed by atoms with Gasteiger partial charge in [0.05, 0.1) is 17.9 Å². The van der Waals surface area contributed by atoms with Gasteiger partial charge in [-0.3, -0.25) is 5.32 Å². The van der Waals surface area contributed by atoms with Crippen molar-refractivity contribution in [1.29, 1.82) is 0 Å². The van der Waals surface area contributed by atoms with Crippen molar-refractivity contribution in [3.05, 3.63) is 34.8 Å². The van der Waals surface area contributed by atoms with Crippen molar-refractivity contribution >= 4 is 11.8 Å². The molecule has 0 aromatic carbocycles. The molecule has 23 heavy (non-hydrogen) atoms. The molecule has 0 spiro atoms. The van der Waals surface area contributed by atoms with Crippen molar-refractivity contribution in [3.63, 3.8) is 0 Å². The number of nitrogens with one attached hydrogen (secondary N) is 1. The van der Waals surface area contributed by atoms with Crippen LogP contribution in [0.1, 0.15) is 43.5 Å². The standard InChI is InChI=1S/C16H23N5O2/c1-10-12(11(2)23-20-10)9-21(6)15(22)17-14-8-7-13(18-19-14)16(3,4)5/h7-8H,9H2,1-6H3,(H,17,19,22). The molecule has 0 saturated carbocycles. The van der Waals surface area contributed by atoms with Gasteiger partial charge in [0.25, 0.3) is 0 Å². The van der Waals surface area contributed by atoms with Gasteiger partial charge in [-0.05, 0) is 26.0 Å². The Balaban J connectivity index is 2.01. The predicted octanol–water partition coefficient (Wildman–Crippen LogP) is 3.04. The fraction of sp³-hybridized carbons (Fsp3) is 0.500. The molecule has 0 aliphatic carbocycles. The fourth-order valence-electron chi connectivity index (χ4n) is 2.04. The Morgan fingerprint density at radius 2 is 1.96 bits per heavy atom. The quantitative estimate of drug-likeness (QED) is 0.940. The zero-order valence-corrected chi connectivity index (χ0v) is 14.5. The molecular formula is C16H23N5O2. The van der Waals surface area contributed by atoms with Gasteiger partial charge < -0.3 is 9.42 Å². The average Bonchev–Trinajstić information content (AvgIpc) is 2.78. The highest BCUT2D eigenvalue weighted by Gasteiger charge is 2.18. The van der Waals surface area contributed by atoms with Gasteiger partial charge in [-0.25, -0.2) is 4.79 Å². The van der Waals surface area contributed by atoms with Crippen LogP contribution in [0.3, 0.4) is 0 Å². The highest BCUT2D eigenvalue weighted by atomic mass is 16.5. The first-order valence-corrected chi connectivity index (χ1v) is 7.46. The first kappa shape index (κ1) is 16.9. The van der Waals surface area contributed by atoms with Gasteiger partial charge in [0.2, 0.25) is 0 Å². The highest BCUT2D eigenvalue weighted by molar-refractivity contribution is 5.87. The van der Waals surface area contributed by atoms with E-state index in [4.69, 9.17) is 4.52 Å². The van der Waals surface area contributed by atoms with Gasteiger partial charge in [0, 0.05) is 18.0 Å². The Labute approximate surface area is 136 Å². The Hall–Kier alpha value is -2.44. The lowest BCUT2D eigenvalue weighted by Gasteiger charge is -2.19. The zero-order valence-electron chi connectivity index (χ0n) is 14.5. The minimum Gasteiger partial charge on any atom is -0.361 e. The normalized spacial score (nSPS) is 11.4. The first-order chi connectivity index (χ1) is 10.7. The van der Waals surface area contributed by atoms with Gasteiger partial charge in [0.15, 0.2) is 5.82 Å². The average molecular weight is 317 g/mol. The van der Waals surface area contributed by atoms with Crippen molar-refractivity contribution in [2.45, 2.75) is 46.6 Å². The van der Waals surface area contributed by atoms with Crippen LogP contribution in [0.2, 0.25) is 0 Å². The second kappa shape index (κ2) is 6.36. The van der Waals surface area contributed by atoms with Gasteiger partial charge in [0.1, 0.15) is 5.76 Å². The number of hydrogen-bond donors (Lipinski definition) is 1. The Morgan fingerprint density at radius 3 is 2.43 bits per heavy atom. The van der Waals surface area contributed by atoms with Crippen molar-refractivity contribution in [2.24, 2.45) is 0 Å². The van der Waals surface area contributed by atoms with Crippen LogP contribution in [0.5, 0.6) is 0 Å². The van der Waals surface area contributed by atoms with Gasteiger partial charge in [-0.2, -0.15) is 5.10 Å². The molecular weight excluding hydrogens is 294 g/mol. The Bertz CT molecular complexity index is 666. The molecule has 0 saturated heterocycles. The maximum atomic E-state index is 12.2. The second-order valence-electron chi connectivity index (χ2n) is 6.64. The van der Waals surface area contributed by atoms with Crippen LogP contribution < -0.4 is 5.32 Å².